The quantitative estimate of drug-likeness (QED) is 0.877. The van der Waals surface area contributed by atoms with E-state index < -0.39 is 0 Å². The van der Waals surface area contributed by atoms with E-state index >= 15 is 0 Å². The van der Waals surface area contributed by atoms with Gasteiger partial charge in [-0.3, -0.25) is 4.79 Å². The van der Waals surface area contributed by atoms with Crippen LogP contribution in [0.1, 0.15) is 43.2 Å². The number of rotatable bonds is 5. The molecule has 3 nitrogen and oxygen atoms in total. The average Bonchev–Trinajstić information content (AvgIpc) is 2.47. The topological polar surface area (TPSA) is 49.3 Å². The van der Waals surface area contributed by atoms with Gasteiger partial charge in [-0.1, -0.05) is 36.6 Å². The highest BCUT2D eigenvalue weighted by Crippen LogP contribution is 2.23. The van der Waals surface area contributed by atoms with E-state index in [1.807, 2.05) is 25.1 Å². The minimum Gasteiger partial charge on any atom is -0.393 e. The van der Waals surface area contributed by atoms with Crippen LogP contribution in [-0.2, 0) is 11.2 Å². The van der Waals surface area contributed by atoms with Crippen LogP contribution < -0.4 is 5.32 Å². The molecule has 0 spiro atoms. The summed E-state index contributed by atoms with van der Waals surface area (Å²) < 4.78 is 0. The normalized spacial score (nSPS) is 22.0. The van der Waals surface area contributed by atoms with E-state index in [1.54, 1.807) is 0 Å². The van der Waals surface area contributed by atoms with Crippen molar-refractivity contribution in [3.8, 4) is 0 Å². The highest BCUT2D eigenvalue weighted by molar-refractivity contribution is 6.31. The monoisotopic (exact) mass is 309 g/mol. The Bertz CT molecular complexity index is 490. The van der Waals surface area contributed by atoms with Crippen LogP contribution in [0.5, 0.6) is 0 Å². The van der Waals surface area contributed by atoms with Gasteiger partial charge in [-0.05, 0) is 43.4 Å². The Morgan fingerprint density at radius 1 is 1.38 bits per heavy atom. The number of amides is 1. The molecule has 1 aliphatic carbocycles. The van der Waals surface area contributed by atoms with E-state index in [2.05, 4.69) is 5.32 Å². The maximum Gasteiger partial charge on any atom is 0.220 e. The van der Waals surface area contributed by atoms with Crippen molar-refractivity contribution in [1.82, 2.24) is 5.32 Å². The molecule has 21 heavy (non-hydrogen) atoms. The molecule has 0 radical (unpaired) electrons. The fourth-order valence-electron chi connectivity index (χ4n) is 2.81. The smallest absolute Gasteiger partial charge is 0.220 e. The number of aliphatic hydroxyl groups is 1. The lowest BCUT2D eigenvalue weighted by Crippen LogP contribution is -2.36. The molecule has 1 aliphatic rings. The van der Waals surface area contributed by atoms with Crippen molar-refractivity contribution in [3.05, 3.63) is 34.3 Å². The molecule has 0 aliphatic heterocycles. The van der Waals surface area contributed by atoms with Crippen LogP contribution in [0.25, 0.3) is 0 Å². The average molecular weight is 310 g/mol. The van der Waals surface area contributed by atoms with Gasteiger partial charge >= 0.3 is 0 Å². The van der Waals surface area contributed by atoms with Crippen molar-refractivity contribution >= 4 is 17.5 Å². The predicted octanol–water partition coefficient (Wildman–Crippen LogP) is 3.25. The lowest BCUT2D eigenvalue weighted by atomic mass is 9.86. The van der Waals surface area contributed by atoms with Crippen LogP contribution in [0.2, 0.25) is 5.02 Å². The number of aryl methyl sites for hydroxylation is 2. The molecule has 1 aromatic rings. The highest BCUT2D eigenvalue weighted by Gasteiger charge is 2.23. The maximum atomic E-state index is 11.9. The van der Waals surface area contributed by atoms with Crippen LogP contribution >= 0.6 is 11.6 Å². The van der Waals surface area contributed by atoms with E-state index in [-0.39, 0.29) is 17.9 Å². The lowest BCUT2D eigenvalue weighted by Gasteiger charge is -2.27. The Morgan fingerprint density at radius 3 is 2.86 bits per heavy atom. The number of nitrogens with one attached hydrogen (secondary N) is 1. The molecule has 2 atom stereocenters. The Labute approximate surface area is 131 Å². The first-order chi connectivity index (χ1) is 10.1. The molecular formula is C17H24ClNO2. The van der Waals surface area contributed by atoms with Gasteiger partial charge in [-0.15, -0.1) is 0 Å². The van der Waals surface area contributed by atoms with Gasteiger partial charge in [0, 0.05) is 23.9 Å². The van der Waals surface area contributed by atoms with Crippen LogP contribution in [-0.4, -0.2) is 23.7 Å². The Hall–Kier alpha value is -1.06. The zero-order valence-corrected chi connectivity index (χ0v) is 13.3. The molecule has 0 bridgehead atoms. The zero-order valence-electron chi connectivity index (χ0n) is 12.6. The number of halogens is 1. The van der Waals surface area contributed by atoms with Gasteiger partial charge in [-0.25, -0.2) is 0 Å². The summed E-state index contributed by atoms with van der Waals surface area (Å²) >= 11 is 6.08. The lowest BCUT2D eigenvalue weighted by molar-refractivity contribution is -0.121. The number of aliphatic hydroxyl groups excluding tert-OH is 1. The number of hydrogen-bond donors (Lipinski definition) is 2. The van der Waals surface area contributed by atoms with Gasteiger partial charge in [0.25, 0.3) is 0 Å². The number of benzene rings is 1. The minimum absolute atomic E-state index is 0.0458. The van der Waals surface area contributed by atoms with Gasteiger partial charge in [0.05, 0.1) is 6.10 Å². The molecule has 2 rings (SSSR count). The number of hydrogen-bond acceptors (Lipinski definition) is 2. The molecule has 4 heteroatoms. The Morgan fingerprint density at radius 2 is 2.14 bits per heavy atom. The Balaban J connectivity index is 1.73. The third-order valence-electron chi connectivity index (χ3n) is 4.31. The third kappa shape index (κ3) is 5.01. The van der Waals surface area contributed by atoms with Crippen molar-refractivity contribution < 1.29 is 9.90 Å². The van der Waals surface area contributed by atoms with Gasteiger partial charge in [0.2, 0.25) is 5.91 Å². The minimum atomic E-state index is -0.255. The molecule has 1 aromatic carbocycles. The molecule has 2 unspecified atom stereocenters. The van der Waals surface area contributed by atoms with Gasteiger partial charge < -0.3 is 10.4 Å². The first-order valence-electron chi connectivity index (χ1n) is 7.76. The first-order valence-corrected chi connectivity index (χ1v) is 8.14. The van der Waals surface area contributed by atoms with Crippen LogP contribution in [0.3, 0.4) is 0 Å². The van der Waals surface area contributed by atoms with Gasteiger partial charge in [0.1, 0.15) is 0 Å². The summed E-state index contributed by atoms with van der Waals surface area (Å²) in [6, 6.07) is 5.92. The van der Waals surface area contributed by atoms with Gasteiger partial charge in [0.15, 0.2) is 0 Å². The van der Waals surface area contributed by atoms with Crippen molar-refractivity contribution in [2.45, 2.75) is 51.6 Å². The fourth-order valence-corrected chi connectivity index (χ4v) is 3.01. The predicted molar refractivity (Wildman–Crippen MR) is 85.5 cm³/mol. The summed E-state index contributed by atoms with van der Waals surface area (Å²) in [5, 5.41) is 13.6. The van der Waals surface area contributed by atoms with Crippen molar-refractivity contribution in [2.75, 3.05) is 6.54 Å². The number of carbonyl (C=O) groups is 1. The van der Waals surface area contributed by atoms with Crippen LogP contribution in [0.4, 0.5) is 0 Å². The summed E-state index contributed by atoms with van der Waals surface area (Å²) in [7, 11) is 0. The molecule has 1 fully saturated rings. The SMILES string of the molecule is Cc1ccc(CCC(=O)NCC2CCCCC2O)cc1Cl. The second-order valence-electron chi connectivity index (χ2n) is 6.00. The van der Waals surface area contributed by atoms with E-state index in [0.29, 0.717) is 19.4 Å². The molecule has 0 heterocycles. The second-order valence-corrected chi connectivity index (χ2v) is 6.41. The van der Waals surface area contributed by atoms with Crippen molar-refractivity contribution in [2.24, 2.45) is 5.92 Å². The zero-order chi connectivity index (χ0) is 15.2. The number of carbonyl (C=O) groups excluding carboxylic acids is 1. The van der Waals surface area contributed by atoms with E-state index in [1.165, 1.54) is 0 Å². The van der Waals surface area contributed by atoms with E-state index in [4.69, 9.17) is 11.6 Å². The largest absolute Gasteiger partial charge is 0.393 e. The fraction of sp³-hybridized carbons (Fsp3) is 0.588. The molecule has 2 N–H and O–H groups in total. The molecule has 0 saturated heterocycles. The molecule has 1 amide bonds. The van der Waals surface area contributed by atoms with Crippen LogP contribution in [0, 0.1) is 12.8 Å². The molecule has 0 aromatic heterocycles. The highest BCUT2D eigenvalue weighted by atomic mass is 35.5. The Kier molecular flexibility index (Phi) is 6.07. The second kappa shape index (κ2) is 7.81. The third-order valence-corrected chi connectivity index (χ3v) is 4.71. The molecular weight excluding hydrogens is 286 g/mol. The maximum absolute atomic E-state index is 11.9. The van der Waals surface area contributed by atoms with Gasteiger partial charge in [-0.2, -0.15) is 0 Å². The summed E-state index contributed by atoms with van der Waals surface area (Å²) in [4.78, 5) is 11.9. The molecule has 116 valence electrons. The van der Waals surface area contributed by atoms with E-state index in [0.717, 1.165) is 41.8 Å². The van der Waals surface area contributed by atoms with Crippen molar-refractivity contribution in [1.29, 1.82) is 0 Å². The molecule has 1 saturated carbocycles. The van der Waals surface area contributed by atoms with E-state index in [9.17, 15) is 9.90 Å². The standard InChI is InChI=1S/C17H24ClNO2/c1-12-6-7-13(10-15(12)18)8-9-17(21)19-11-14-4-2-3-5-16(14)20/h6-7,10,14,16,20H,2-5,8-9,11H2,1H3,(H,19,21). The first kappa shape index (κ1) is 16.3. The summed E-state index contributed by atoms with van der Waals surface area (Å²) in [5.74, 6) is 0.265. The summed E-state index contributed by atoms with van der Waals surface area (Å²) in [6.07, 6.45) is 5.02. The summed E-state index contributed by atoms with van der Waals surface area (Å²) in [5.41, 5.74) is 2.13. The summed E-state index contributed by atoms with van der Waals surface area (Å²) in [6.45, 7) is 2.56. The van der Waals surface area contributed by atoms with Crippen molar-refractivity contribution in [3.63, 3.8) is 0 Å². The van der Waals surface area contributed by atoms with Crippen LogP contribution in [0.15, 0.2) is 18.2 Å².